The third-order valence-electron chi connectivity index (χ3n) is 2.32. The second-order valence-electron chi connectivity index (χ2n) is 3.45. The maximum absolute atomic E-state index is 8.20. The van der Waals surface area contributed by atoms with Gasteiger partial charge in [-0.2, -0.15) is 0 Å². The summed E-state index contributed by atoms with van der Waals surface area (Å²) in [5, 5.41) is 0. The maximum atomic E-state index is 8.20. The van der Waals surface area contributed by atoms with Crippen molar-refractivity contribution in [2.24, 2.45) is 0 Å². The zero-order chi connectivity index (χ0) is 18.1. The van der Waals surface area contributed by atoms with Crippen LogP contribution < -0.4 is 4.90 Å². The van der Waals surface area contributed by atoms with Crippen LogP contribution in [0, 0.1) is 0 Å². The number of hydrogen-bond acceptors (Lipinski definition) is 3. The second kappa shape index (κ2) is 3.79. The number of aromatic amines is 1. The fourth-order valence-corrected chi connectivity index (χ4v) is 1.49. The SMILES string of the molecule is [2H]C1([2H])N(C)C([2H])([2H])C([2H])([2H])N(c2ccc3[nH]cnc3c2)C1([2H])[2H]. The molecule has 1 aromatic heterocycles. The predicted octanol–water partition coefficient (Wildman–Crippen LogP) is 1.31. The highest BCUT2D eigenvalue weighted by Gasteiger charge is 2.14. The van der Waals surface area contributed by atoms with E-state index in [1.54, 1.807) is 6.07 Å². The van der Waals surface area contributed by atoms with E-state index < -0.39 is 26.0 Å². The fraction of sp³-hybridized carbons (Fsp3) is 0.417. The van der Waals surface area contributed by atoms with E-state index in [-0.39, 0.29) is 5.69 Å². The van der Waals surface area contributed by atoms with E-state index in [0.29, 0.717) is 20.8 Å². The van der Waals surface area contributed by atoms with Gasteiger partial charge in [0.1, 0.15) is 0 Å². The van der Waals surface area contributed by atoms with Crippen molar-refractivity contribution in [1.29, 1.82) is 0 Å². The Morgan fingerprint density at radius 1 is 1.31 bits per heavy atom. The summed E-state index contributed by atoms with van der Waals surface area (Å²) in [6.07, 6.45) is 1.43. The second-order valence-corrected chi connectivity index (χ2v) is 3.45. The van der Waals surface area contributed by atoms with E-state index in [0.717, 1.165) is 7.05 Å². The summed E-state index contributed by atoms with van der Waals surface area (Å²) >= 11 is 0. The van der Waals surface area contributed by atoms with Crippen molar-refractivity contribution in [3.05, 3.63) is 24.5 Å². The highest BCUT2D eigenvalue weighted by molar-refractivity contribution is 5.79. The predicted molar refractivity (Wildman–Crippen MR) is 65.8 cm³/mol. The summed E-state index contributed by atoms with van der Waals surface area (Å²) in [4.78, 5) is 7.87. The van der Waals surface area contributed by atoms with Crippen LogP contribution in [0.15, 0.2) is 24.5 Å². The van der Waals surface area contributed by atoms with Crippen molar-refractivity contribution in [2.45, 2.75) is 0 Å². The normalized spacial score (nSPS) is 38.2. The molecule has 0 spiro atoms. The van der Waals surface area contributed by atoms with Crippen molar-refractivity contribution in [3.63, 3.8) is 0 Å². The van der Waals surface area contributed by atoms with Crippen LogP contribution in [0.25, 0.3) is 11.0 Å². The molecule has 4 heteroatoms. The average molecular weight is 224 g/mol. The third kappa shape index (κ3) is 1.65. The van der Waals surface area contributed by atoms with Gasteiger partial charge >= 0.3 is 0 Å². The van der Waals surface area contributed by atoms with Crippen LogP contribution in [-0.4, -0.2) is 47.9 Å². The minimum absolute atomic E-state index is 0.00505. The number of imidazole rings is 1. The molecule has 4 nitrogen and oxygen atoms in total. The van der Waals surface area contributed by atoms with Crippen LogP contribution in [0.5, 0.6) is 0 Å². The molecule has 16 heavy (non-hydrogen) atoms. The van der Waals surface area contributed by atoms with E-state index in [2.05, 4.69) is 9.97 Å². The number of nitrogens with one attached hydrogen (secondary N) is 1. The number of nitrogens with zero attached hydrogens (tertiary/aromatic N) is 3. The maximum Gasteiger partial charge on any atom is 0.0931 e. The van der Waals surface area contributed by atoms with Gasteiger partial charge in [0.15, 0.2) is 0 Å². The molecule has 1 aromatic carbocycles. The quantitative estimate of drug-likeness (QED) is 0.793. The number of benzene rings is 1. The molecule has 0 radical (unpaired) electrons. The number of rotatable bonds is 1. The molecule has 1 saturated heterocycles. The van der Waals surface area contributed by atoms with Crippen LogP contribution in [0.3, 0.4) is 0 Å². The van der Waals surface area contributed by atoms with Gasteiger partial charge in [-0.05, 0) is 25.2 Å². The zero-order valence-electron chi connectivity index (χ0n) is 16.7. The molecule has 0 bridgehead atoms. The minimum atomic E-state index is -2.83. The Morgan fingerprint density at radius 2 is 2.12 bits per heavy atom. The van der Waals surface area contributed by atoms with E-state index >= 15 is 0 Å². The van der Waals surface area contributed by atoms with Crippen molar-refractivity contribution in [3.8, 4) is 0 Å². The molecule has 1 aliphatic rings. The van der Waals surface area contributed by atoms with Crippen LogP contribution in [-0.2, 0) is 0 Å². The Kier molecular flexibility index (Phi) is 1.04. The lowest BCUT2D eigenvalue weighted by Gasteiger charge is -2.34. The first kappa shape index (κ1) is 4.37. The molecule has 0 aliphatic carbocycles. The first-order valence-electron chi connectivity index (χ1n) is 8.82. The molecule has 3 rings (SSSR count). The highest BCUT2D eigenvalue weighted by Crippen LogP contribution is 2.20. The first-order chi connectivity index (χ1) is 10.8. The molecular weight excluding hydrogens is 200 g/mol. The summed E-state index contributed by atoms with van der Waals surface area (Å²) in [6.45, 7) is -11.2. The van der Waals surface area contributed by atoms with Gasteiger partial charge in [-0.25, -0.2) is 4.98 Å². The number of hydrogen-bond donors (Lipinski definition) is 1. The molecule has 0 atom stereocenters. The molecule has 1 fully saturated rings. The van der Waals surface area contributed by atoms with Crippen molar-refractivity contribution >= 4 is 16.7 Å². The number of fused-ring (bicyclic) bond motifs is 1. The third-order valence-corrected chi connectivity index (χ3v) is 2.32. The van der Waals surface area contributed by atoms with Gasteiger partial charge in [0.05, 0.1) is 22.8 Å². The summed E-state index contributed by atoms with van der Waals surface area (Å²) < 4.78 is 64.9. The molecule has 1 aliphatic heterocycles. The van der Waals surface area contributed by atoms with Gasteiger partial charge in [0, 0.05) is 37.2 Å². The highest BCUT2D eigenvalue weighted by atomic mass is 15.2. The number of piperazine rings is 1. The van der Waals surface area contributed by atoms with Gasteiger partial charge < -0.3 is 14.8 Å². The summed E-state index contributed by atoms with van der Waals surface area (Å²) in [6, 6.07) is 4.37. The van der Waals surface area contributed by atoms with Gasteiger partial charge in [0.25, 0.3) is 0 Å². The standard InChI is InChI=1S/C12H16N4/c1-15-4-6-16(7-5-15)10-2-3-11-12(8-10)14-9-13-11/h2-3,8-9H,4-7H2,1H3,(H,13,14)/i4D2,5D2,6D2,7D2. The van der Waals surface area contributed by atoms with Crippen molar-refractivity contribution < 1.29 is 11.0 Å². The largest absolute Gasteiger partial charge is 0.369 e. The molecule has 84 valence electrons. The molecule has 2 heterocycles. The van der Waals surface area contributed by atoms with Gasteiger partial charge in [-0.15, -0.1) is 0 Å². The lowest BCUT2D eigenvalue weighted by atomic mass is 10.2. The van der Waals surface area contributed by atoms with Crippen LogP contribution in [0.2, 0.25) is 0 Å². The van der Waals surface area contributed by atoms with Crippen LogP contribution in [0.1, 0.15) is 11.0 Å². The summed E-state index contributed by atoms with van der Waals surface area (Å²) in [5.41, 5.74) is 1.10. The molecule has 2 aromatic rings. The van der Waals surface area contributed by atoms with Crippen LogP contribution >= 0.6 is 0 Å². The summed E-state index contributed by atoms with van der Waals surface area (Å²) in [5.74, 6) is 0. The van der Waals surface area contributed by atoms with E-state index in [1.165, 1.54) is 18.5 Å². The Hall–Kier alpha value is -1.55. The van der Waals surface area contributed by atoms with Crippen molar-refractivity contribution in [2.75, 3.05) is 37.9 Å². The van der Waals surface area contributed by atoms with Gasteiger partial charge in [-0.1, -0.05) is 0 Å². The number of aromatic nitrogens is 2. The van der Waals surface area contributed by atoms with Gasteiger partial charge in [-0.3, -0.25) is 0 Å². The Labute approximate surface area is 106 Å². The molecule has 0 unspecified atom stereocenters. The Balaban J connectivity index is 2.25. The molecule has 0 saturated carbocycles. The molecule has 1 N–H and O–H groups in total. The van der Waals surface area contributed by atoms with Crippen molar-refractivity contribution in [1.82, 2.24) is 14.9 Å². The molecule has 0 amide bonds. The lowest BCUT2D eigenvalue weighted by Crippen LogP contribution is -2.44. The van der Waals surface area contributed by atoms with E-state index in [9.17, 15) is 0 Å². The number of likely N-dealkylation sites (N-methyl/N-ethyl adjacent to an activating group) is 1. The molecular formula is C12H16N4. The smallest absolute Gasteiger partial charge is 0.0931 e. The van der Waals surface area contributed by atoms with E-state index in [1.807, 2.05) is 0 Å². The Morgan fingerprint density at radius 3 is 2.94 bits per heavy atom. The number of anilines is 1. The zero-order valence-corrected chi connectivity index (χ0v) is 8.65. The van der Waals surface area contributed by atoms with E-state index in [4.69, 9.17) is 11.0 Å². The monoisotopic (exact) mass is 224 g/mol. The van der Waals surface area contributed by atoms with Gasteiger partial charge in [0.2, 0.25) is 0 Å². The minimum Gasteiger partial charge on any atom is -0.369 e. The first-order valence-corrected chi connectivity index (χ1v) is 4.82. The number of H-pyrrole nitrogens is 1. The summed E-state index contributed by atoms with van der Waals surface area (Å²) in [7, 11) is 1.03. The average Bonchev–Trinajstić information content (AvgIpc) is 2.92. The fourth-order valence-electron chi connectivity index (χ4n) is 1.49. The Bertz CT molecular complexity index is 758. The topological polar surface area (TPSA) is 35.2 Å². The van der Waals surface area contributed by atoms with Crippen LogP contribution in [0.4, 0.5) is 5.69 Å². The lowest BCUT2D eigenvalue weighted by molar-refractivity contribution is 0.313.